The minimum atomic E-state index is -0.469. The molecule has 0 saturated carbocycles. The van der Waals surface area contributed by atoms with Gasteiger partial charge in [-0.05, 0) is 31.2 Å². The fourth-order valence-electron chi connectivity index (χ4n) is 3.04. The van der Waals surface area contributed by atoms with Crippen molar-refractivity contribution in [3.8, 4) is 17.0 Å². The monoisotopic (exact) mass is 409 g/mol. The Kier molecular flexibility index (Phi) is 5.44. The fourth-order valence-corrected chi connectivity index (χ4v) is 3.76. The molecule has 0 radical (unpaired) electrons. The number of aromatic nitrogens is 2. The largest absolute Gasteiger partial charge is 0.493 e. The highest BCUT2D eigenvalue weighted by molar-refractivity contribution is 7.14. The summed E-state index contributed by atoms with van der Waals surface area (Å²) in [5.74, 6) is 0.0635. The normalized spacial score (nSPS) is 10.9. The molecule has 7 nitrogen and oxygen atoms in total. The maximum Gasteiger partial charge on any atom is 0.419 e. The Hall–Kier alpha value is -3.39. The smallest absolute Gasteiger partial charge is 0.419 e. The van der Waals surface area contributed by atoms with Gasteiger partial charge < -0.3 is 14.5 Å². The molecule has 0 spiro atoms. The maximum atomic E-state index is 12.4. The summed E-state index contributed by atoms with van der Waals surface area (Å²) in [6.07, 6.45) is 0.133. The van der Waals surface area contributed by atoms with Crippen molar-refractivity contribution in [2.24, 2.45) is 0 Å². The molecule has 29 heavy (non-hydrogen) atoms. The molecule has 2 aromatic carbocycles. The number of thiazole rings is 1. The first kappa shape index (κ1) is 18.9. The number of ether oxygens (including phenoxy) is 1. The van der Waals surface area contributed by atoms with Crippen LogP contribution in [0, 0.1) is 0 Å². The number of hydrogen-bond donors (Lipinski definition) is 1. The number of aryl methyl sites for hydroxylation is 1. The molecule has 1 amide bonds. The van der Waals surface area contributed by atoms with Crippen LogP contribution in [0.25, 0.3) is 22.4 Å². The van der Waals surface area contributed by atoms with Crippen molar-refractivity contribution in [3.63, 3.8) is 0 Å². The number of fused-ring (bicyclic) bond motifs is 1. The number of carbonyl (C=O) groups is 1. The number of nitrogens with zero attached hydrogens (tertiary/aromatic N) is 2. The van der Waals surface area contributed by atoms with Crippen LogP contribution < -0.4 is 15.8 Å². The number of anilines is 1. The van der Waals surface area contributed by atoms with Crippen LogP contribution in [0.4, 0.5) is 5.13 Å². The van der Waals surface area contributed by atoms with Gasteiger partial charge in [0, 0.05) is 23.9 Å². The number of benzene rings is 2. The van der Waals surface area contributed by atoms with Crippen LogP contribution in [-0.4, -0.2) is 22.1 Å². The van der Waals surface area contributed by atoms with Gasteiger partial charge in [0.15, 0.2) is 10.7 Å². The molecule has 1 N–H and O–H groups in total. The first-order valence-corrected chi connectivity index (χ1v) is 10.1. The first-order valence-electron chi connectivity index (χ1n) is 9.21. The van der Waals surface area contributed by atoms with Crippen LogP contribution >= 0.6 is 11.3 Å². The third kappa shape index (κ3) is 4.07. The van der Waals surface area contributed by atoms with E-state index in [1.165, 1.54) is 15.9 Å². The number of hydrogen-bond acceptors (Lipinski definition) is 6. The van der Waals surface area contributed by atoms with E-state index in [0.29, 0.717) is 22.8 Å². The summed E-state index contributed by atoms with van der Waals surface area (Å²) in [6, 6.07) is 14.8. The summed E-state index contributed by atoms with van der Waals surface area (Å²) in [7, 11) is 0. The van der Waals surface area contributed by atoms with Crippen molar-refractivity contribution in [3.05, 3.63) is 64.5 Å². The lowest BCUT2D eigenvalue weighted by atomic mass is 10.1. The Labute approximate surface area is 170 Å². The van der Waals surface area contributed by atoms with E-state index in [9.17, 15) is 9.59 Å². The number of amides is 1. The van der Waals surface area contributed by atoms with Crippen LogP contribution in [-0.2, 0) is 11.3 Å². The highest BCUT2D eigenvalue weighted by Gasteiger charge is 2.13. The van der Waals surface area contributed by atoms with Gasteiger partial charge in [0.2, 0.25) is 5.91 Å². The van der Waals surface area contributed by atoms with Crippen LogP contribution in [0.1, 0.15) is 13.3 Å². The van der Waals surface area contributed by atoms with Crippen molar-refractivity contribution in [2.75, 3.05) is 11.9 Å². The molecule has 0 aliphatic carbocycles. The summed E-state index contributed by atoms with van der Waals surface area (Å²) in [4.78, 5) is 28.8. The summed E-state index contributed by atoms with van der Waals surface area (Å²) in [6.45, 7) is 2.72. The molecule has 148 valence electrons. The van der Waals surface area contributed by atoms with E-state index < -0.39 is 5.76 Å². The number of para-hydroxylation sites is 3. The lowest BCUT2D eigenvalue weighted by molar-refractivity contribution is -0.116. The highest BCUT2D eigenvalue weighted by atomic mass is 32.1. The number of oxazole rings is 1. The molecular weight excluding hydrogens is 390 g/mol. The van der Waals surface area contributed by atoms with Crippen LogP contribution in [0.5, 0.6) is 5.75 Å². The van der Waals surface area contributed by atoms with E-state index in [0.717, 1.165) is 17.0 Å². The zero-order valence-corrected chi connectivity index (χ0v) is 16.6. The number of nitrogens with one attached hydrogen (secondary N) is 1. The lowest BCUT2D eigenvalue weighted by Crippen LogP contribution is -2.19. The molecule has 0 saturated heterocycles. The van der Waals surface area contributed by atoms with Gasteiger partial charge in [-0.1, -0.05) is 24.3 Å². The van der Waals surface area contributed by atoms with Crippen LogP contribution in [0.2, 0.25) is 0 Å². The molecule has 4 rings (SSSR count). The quantitative estimate of drug-likeness (QED) is 0.496. The number of carbonyl (C=O) groups excluding carboxylic acids is 1. The molecule has 0 atom stereocenters. The number of rotatable bonds is 7. The average molecular weight is 409 g/mol. The summed E-state index contributed by atoms with van der Waals surface area (Å²) < 4.78 is 12.3. The van der Waals surface area contributed by atoms with Crippen LogP contribution in [0.3, 0.4) is 0 Å². The van der Waals surface area contributed by atoms with Crippen LogP contribution in [0.15, 0.2) is 63.1 Å². The molecule has 0 fully saturated rings. The molecule has 4 aromatic rings. The van der Waals surface area contributed by atoms with E-state index >= 15 is 0 Å². The van der Waals surface area contributed by atoms with Crippen molar-refractivity contribution >= 4 is 33.5 Å². The van der Waals surface area contributed by atoms with Crippen molar-refractivity contribution < 1.29 is 13.9 Å². The average Bonchev–Trinajstić information content (AvgIpc) is 3.30. The van der Waals surface area contributed by atoms with Crippen molar-refractivity contribution in [1.29, 1.82) is 0 Å². The first-order chi connectivity index (χ1) is 14.2. The zero-order chi connectivity index (χ0) is 20.2. The Morgan fingerprint density at radius 1 is 1.21 bits per heavy atom. The molecule has 2 aromatic heterocycles. The van der Waals surface area contributed by atoms with Gasteiger partial charge in [-0.3, -0.25) is 9.36 Å². The van der Waals surface area contributed by atoms with Gasteiger partial charge in [0.1, 0.15) is 5.75 Å². The fraction of sp³-hybridized carbons (Fsp3) is 0.190. The van der Waals surface area contributed by atoms with Gasteiger partial charge in [-0.15, -0.1) is 11.3 Å². The molecule has 2 heterocycles. The topological polar surface area (TPSA) is 86.4 Å². The Bertz CT molecular complexity index is 1210. The molecular formula is C21H19N3O4S. The standard InChI is InChI=1S/C21H19N3O4S/c1-2-27-17-9-5-3-7-14(17)15-13-29-20(22-15)23-19(25)11-12-24-16-8-4-6-10-18(16)28-21(24)26/h3-10,13H,2,11-12H2,1H3,(H,22,23,25). The zero-order valence-electron chi connectivity index (χ0n) is 15.8. The molecule has 0 unspecified atom stereocenters. The highest BCUT2D eigenvalue weighted by Crippen LogP contribution is 2.32. The minimum Gasteiger partial charge on any atom is -0.493 e. The Balaban J connectivity index is 1.43. The minimum absolute atomic E-state index is 0.133. The predicted molar refractivity (Wildman–Crippen MR) is 112 cm³/mol. The van der Waals surface area contributed by atoms with E-state index in [2.05, 4.69) is 10.3 Å². The van der Waals surface area contributed by atoms with E-state index in [1.807, 2.05) is 42.6 Å². The third-order valence-corrected chi connectivity index (χ3v) is 5.11. The third-order valence-electron chi connectivity index (χ3n) is 4.35. The van der Waals surface area contributed by atoms with E-state index in [1.54, 1.807) is 18.2 Å². The van der Waals surface area contributed by atoms with Gasteiger partial charge in [-0.2, -0.15) is 0 Å². The molecule has 8 heteroatoms. The SMILES string of the molecule is CCOc1ccccc1-c1csc(NC(=O)CCn2c(=O)oc3ccccc32)n1. The van der Waals surface area contributed by atoms with Crippen molar-refractivity contribution in [1.82, 2.24) is 9.55 Å². The van der Waals surface area contributed by atoms with E-state index in [4.69, 9.17) is 9.15 Å². The Morgan fingerprint density at radius 2 is 2.00 bits per heavy atom. The second-order valence-electron chi connectivity index (χ2n) is 6.25. The summed E-state index contributed by atoms with van der Waals surface area (Å²) in [5.41, 5.74) is 2.80. The summed E-state index contributed by atoms with van der Waals surface area (Å²) in [5, 5.41) is 5.17. The Morgan fingerprint density at radius 3 is 2.86 bits per heavy atom. The molecule has 0 aliphatic heterocycles. The van der Waals surface area contributed by atoms with Crippen molar-refractivity contribution in [2.45, 2.75) is 19.9 Å². The molecule has 0 aliphatic rings. The lowest BCUT2D eigenvalue weighted by Gasteiger charge is -2.07. The predicted octanol–water partition coefficient (Wildman–Crippen LogP) is 4.15. The van der Waals surface area contributed by atoms with Gasteiger partial charge in [0.25, 0.3) is 0 Å². The van der Waals surface area contributed by atoms with E-state index in [-0.39, 0.29) is 18.9 Å². The van der Waals surface area contributed by atoms with Gasteiger partial charge in [-0.25, -0.2) is 9.78 Å². The maximum absolute atomic E-state index is 12.4. The summed E-state index contributed by atoms with van der Waals surface area (Å²) >= 11 is 1.34. The van der Waals surface area contributed by atoms with Gasteiger partial charge in [0.05, 0.1) is 17.8 Å². The molecule has 0 bridgehead atoms. The second kappa shape index (κ2) is 8.32. The van der Waals surface area contributed by atoms with Gasteiger partial charge >= 0.3 is 5.76 Å². The second-order valence-corrected chi connectivity index (χ2v) is 7.11.